The Morgan fingerprint density at radius 3 is 2.42 bits per heavy atom. The Bertz CT molecular complexity index is 835. The van der Waals surface area contributed by atoms with E-state index in [9.17, 15) is 8.42 Å². The predicted molar refractivity (Wildman–Crippen MR) is 93.9 cm³/mol. The minimum absolute atomic E-state index is 0.331. The first-order valence-corrected chi connectivity index (χ1v) is 9.51. The number of sulfonamides is 1. The van der Waals surface area contributed by atoms with E-state index in [1.54, 1.807) is 25.3 Å². The van der Waals surface area contributed by atoms with Gasteiger partial charge in [-0.15, -0.1) is 5.10 Å². The second-order valence-corrected chi connectivity index (χ2v) is 8.15. The maximum Gasteiger partial charge on any atom is 0.243 e. The largest absolute Gasteiger partial charge is 0.352 e. The topological polar surface area (TPSA) is 66.4 Å². The lowest BCUT2D eigenvalue weighted by Gasteiger charge is -2.34. The summed E-state index contributed by atoms with van der Waals surface area (Å²) in [5, 5.41) is 8.53. The molecule has 0 N–H and O–H groups in total. The van der Waals surface area contributed by atoms with Gasteiger partial charge in [-0.05, 0) is 49.2 Å². The van der Waals surface area contributed by atoms with Crippen LogP contribution in [0.2, 0.25) is 5.02 Å². The molecule has 0 radical (unpaired) electrons. The van der Waals surface area contributed by atoms with Crippen LogP contribution in [0, 0.1) is 13.8 Å². The summed E-state index contributed by atoms with van der Waals surface area (Å²) in [5.74, 6) is 0.771. The van der Waals surface area contributed by atoms with Crippen molar-refractivity contribution in [3.05, 3.63) is 46.6 Å². The molecule has 1 aliphatic rings. The normalized spacial score (nSPS) is 16.4. The Morgan fingerprint density at radius 2 is 1.79 bits per heavy atom. The summed E-state index contributed by atoms with van der Waals surface area (Å²) < 4.78 is 27.4. The molecule has 0 amide bonds. The number of benzene rings is 1. The van der Waals surface area contributed by atoms with Crippen LogP contribution in [0.1, 0.15) is 11.1 Å². The molecule has 0 bridgehead atoms. The van der Waals surface area contributed by atoms with Crippen LogP contribution in [0.15, 0.2) is 35.4 Å². The van der Waals surface area contributed by atoms with Gasteiger partial charge in [0.05, 0.1) is 4.90 Å². The molecule has 1 aromatic carbocycles. The lowest BCUT2D eigenvalue weighted by molar-refractivity contribution is 0.383. The molecule has 2 heterocycles. The fraction of sp³-hybridized carbons (Fsp3) is 0.375. The number of piperazine rings is 1. The highest BCUT2D eigenvalue weighted by atomic mass is 35.5. The molecular weight excluding hydrogens is 348 g/mol. The van der Waals surface area contributed by atoms with Gasteiger partial charge in [0.1, 0.15) is 0 Å². The van der Waals surface area contributed by atoms with Gasteiger partial charge in [-0.25, -0.2) is 8.42 Å². The van der Waals surface area contributed by atoms with Crippen molar-refractivity contribution in [2.75, 3.05) is 31.1 Å². The van der Waals surface area contributed by atoms with Crippen molar-refractivity contribution in [1.29, 1.82) is 0 Å². The molecule has 2 aromatic rings. The van der Waals surface area contributed by atoms with E-state index in [1.165, 1.54) is 4.31 Å². The van der Waals surface area contributed by atoms with E-state index in [4.69, 9.17) is 11.6 Å². The lowest BCUT2D eigenvalue weighted by atomic mass is 10.2. The van der Waals surface area contributed by atoms with E-state index >= 15 is 0 Å². The fourth-order valence-electron chi connectivity index (χ4n) is 2.79. The van der Waals surface area contributed by atoms with Crippen LogP contribution in [-0.2, 0) is 10.0 Å². The van der Waals surface area contributed by atoms with Crippen molar-refractivity contribution in [2.45, 2.75) is 18.7 Å². The van der Waals surface area contributed by atoms with Crippen molar-refractivity contribution in [3.8, 4) is 0 Å². The van der Waals surface area contributed by atoms with E-state index < -0.39 is 10.0 Å². The number of anilines is 1. The van der Waals surface area contributed by atoms with Crippen molar-refractivity contribution >= 4 is 27.4 Å². The van der Waals surface area contributed by atoms with Gasteiger partial charge in [0.15, 0.2) is 5.82 Å². The van der Waals surface area contributed by atoms with E-state index in [2.05, 4.69) is 10.2 Å². The van der Waals surface area contributed by atoms with Crippen LogP contribution < -0.4 is 4.90 Å². The smallest absolute Gasteiger partial charge is 0.243 e. The Morgan fingerprint density at radius 1 is 1.08 bits per heavy atom. The van der Waals surface area contributed by atoms with E-state index in [0.29, 0.717) is 41.7 Å². The van der Waals surface area contributed by atoms with Crippen molar-refractivity contribution in [1.82, 2.24) is 14.5 Å². The molecule has 1 fully saturated rings. The highest BCUT2D eigenvalue weighted by molar-refractivity contribution is 7.89. The first-order chi connectivity index (χ1) is 11.4. The molecule has 3 rings (SSSR count). The predicted octanol–water partition coefficient (Wildman–Crippen LogP) is 2.26. The van der Waals surface area contributed by atoms with Crippen LogP contribution in [0.4, 0.5) is 5.82 Å². The zero-order valence-electron chi connectivity index (χ0n) is 13.6. The SMILES string of the molecule is Cc1cc(S(=O)(=O)N2CCN(c3cccnn3)CC2)c(C)cc1Cl. The van der Waals surface area contributed by atoms with Crippen molar-refractivity contribution < 1.29 is 8.42 Å². The zero-order valence-corrected chi connectivity index (χ0v) is 15.2. The Kier molecular flexibility index (Phi) is 4.76. The van der Waals surface area contributed by atoms with Gasteiger partial charge >= 0.3 is 0 Å². The summed E-state index contributed by atoms with van der Waals surface area (Å²) in [6, 6.07) is 7.07. The van der Waals surface area contributed by atoms with E-state index in [0.717, 1.165) is 11.4 Å². The highest BCUT2D eigenvalue weighted by Crippen LogP contribution is 2.27. The molecule has 1 aromatic heterocycles. The molecule has 1 aliphatic heterocycles. The summed E-state index contributed by atoms with van der Waals surface area (Å²) in [7, 11) is -3.53. The Hall–Kier alpha value is -1.70. The minimum atomic E-state index is -3.53. The van der Waals surface area contributed by atoms with Gasteiger partial charge in [-0.1, -0.05) is 11.6 Å². The first kappa shape index (κ1) is 17.1. The van der Waals surface area contributed by atoms with Crippen LogP contribution in [0.25, 0.3) is 0 Å². The number of hydrogen-bond donors (Lipinski definition) is 0. The average molecular weight is 367 g/mol. The Balaban J connectivity index is 1.79. The van der Waals surface area contributed by atoms with E-state index in [1.807, 2.05) is 24.0 Å². The highest BCUT2D eigenvalue weighted by Gasteiger charge is 2.30. The summed E-state index contributed by atoms with van der Waals surface area (Å²) >= 11 is 6.08. The fourth-order valence-corrected chi connectivity index (χ4v) is 4.72. The number of aromatic nitrogens is 2. The van der Waals surface area contributed by atoms with Gasteiger partial charge in [0.25, 0.3) is 0 Å². The van der Waals surface area contributed by atoms with Crippen LogP contribution >= 0.6 is 11.6 Å². The van der Waals surface area contributed by atoms with Gasteiger partial charge in [-0.2, -0.15) is 9.40 Å². The summed E-state index contributed by atoms with van der Waals surface area (Å²) in [6.07, 6.45) is 1.62. The third-order valence-electron chi connectivity index (χ3n) is 4.19. The molecule has 0 spiro atoms. The van der Waals surface area contributed by atoms with E-state index in [-0.39, 0.29) is 0 Å². The second-order valence-electron chi connectivity index (χ2n) is 5.84. The zero-order chi connectivity index (χ0) is 17.3. The average Bonchev–Trinajstić information content (AvgIpc) is 2.59. The molecule has 128 valence electrons. The van der Waals surface area contributed by atoms with Crippen LogP contribution in [0.5, 0.6) is 0 Å². The molecule has 0 saturated carbocycles. The molecule has 0 aliphatic carbocycles. The number of halogens is 1. The molecule has 24 heavy (non-hydrogen) atoms. The molecular formula is C16H19ClN4O2S. The maximum atomic E-state index is 13.0. The van der Waals surface area contributed by atoms with Gasteiger partial charge in [0, 0.05) is 37.4 Å². The molecule has 0 atom stereocenters. The third-order valence-corrected chi connectivity index (χ3v) is 6.64. The third kappa shape index (κ3) is 3.24. The van der Waals surface area contributed by atoms with Crippen LogP contribution in [-0.4, -0.2) is 49.1 Å². The summed E-state index contributed by atoms with van der Waals surface area (Å²) in [4.78, 5) is 2.37. The Labute approximate surface area is 147 Å². The lowest BCUT2D eigenvalue weighted by Crippen LogP contribution is -2.49. The number of rotatable bonds is 3. The molecule has 1 saturated heterocycles. The molecule has 0 unspecified atom stereocenters. The second kappa shape index (κ2) is 6.66. The van der Waals surface area contributed by atoms with Gasteiger partial charge < -0.3 is 4.90 Å². The molecule has 6 nitrogen and oxygen atoms in total. The quantitative estimate of drug-likeness (QED) is 0.833. The maximum absolute atomic E-state index is 13.0. The van der Waals surface area contributed by atoms with Crippen molar-refractivity contribution in [3.63, 3.8) is 0 Å². The number of nitrogens with zero attached hydrogens (tertiary/aromatic N) is 4. The first-order valence-electron chi connectivity index (χ1n) is 7.69. The summed E-state index contributed by atoms with van der Waals surface area (Å²) in [6.45, 7) is 5.59. The minimum Gasteiger partial charge on any atom is -0.352 e. The molecule has 8 heteroatoms. The van der Waals surface area contributed by atoms with Gasteiger partial charge in [0.2, 0.25) is 10.0 Å². The van der Waals surface area contributed by atoms with Crippen LogP contribution in [0.3, 0.4) is 0 Å². The van der Waals surface area contributed by atoms with Crippen molar-refractivity contribution in [2.24, 2.45) is 0 Å². The van der Waals surface area contributed by atoms with Gasteiger partial charge in [-0.3, -0.25) is 0 Å². The standard InChI is InChI=1S/C16H19ClN4O2S/c1-12-11-15(13(2)10-14(12)17)24(22,23)21-8-6-20(7-9-21)16-4-3-5-18-19-16/h3-5,10-11H,6-9H2,1-2H3. The number of hydrogen-bond acceptors (Lipinski definition) is 5. The summed E-state index contributed by atoms with van der Waals surface area (Å²) in [5.41, 5.74) is 1.43. The monoisotopic (exact) mass is 366 g/mol. The number of aryl methyl sites for hydroxylation is 2.